The van der Waals surface area contributed by atoms with E-state index in [-0.39, 0.29) is 0 Å². The van der Waals surface area contributed by atoms with Crippen molar-refractivity contribution in [3.05, 3.63) is 21.4 Å². The number of aryl methyl sites for hydroxylation is 1. The molecule has 0 aliphatic carbocycles. The normalized spacial score (nSPS) is 17.8. The Morgan fingerprint density at radius 1 is 1.46 bits per heavy atom. The molecule has 1 aliphatic heterocycles. The summed E-state index contributed by atoms with van der Waals surface area (Å²) in [6.07, 6.45) is 1.26. The van der Waals surface area contributed by atoms with Crippen LogP contribution >= 0.6 is 11.3 Å². The topological polar surface area (TPSA) is 3.24 Å². The lowest BCUT2D eigenvalue weighted by atomic mass is 10.0. The molecule has 0 fully saturated rings. The highest BCUT2D eigenvalue weighted by molar-refractivity contribution is 7.10. The van der Waals surface area contributed by atoms with E-state index < -0.39 is 0 Å². The molecule has 0 N–H and O–H groups in total. The lowest BCUT2D eigenvalue weighted by Gasteiger charge is -2.30. The minimum absolute atomic E-state index is 0.687. The number of rotatable bonds is 1. The van der Waals surface area contributed by atoms with Crippen LogP contribution < -0.4 is 0 Å². The van der Waals surface area contributed by atoms with E-state index in [9.17, 15) is 0 Å². The van der Waals surface area contributed by atoms with Gasteiger partial charge in [-0.3, -0.25) is 4.90 Å². The van der Waals surface area contributed by atoms with Crippen molar-refractivity contribution >= 4 is 11.3 Å². The summed E-state index contributed by atoms with van der Waals surface area (Å²) in [5.74, 6) is 0. The maximum absolute atomic E-state index is 2.56. The molecule has 0 aromatic carbocycles. The SMILES string of the molecule is Cc1csc2c1CN(C(C)C)CC2. The van der Waals surface area contributed by atoms with E-state index in [1.807, 2.05) is 11.3 Å². The Bertz CT molecular complexity index is 301. The van der Waals surface area contributed by atoms with E-state index in [4.69, 9.17) is 0 Å². The molecule has 1 aromatic heterocycles. The van der Waals surface area contributed by atoms with Crippen molar-refractivity contribution < 1.29 is 0 Å². The minimum atomic E-state index is 0.687. The van der Waals surface area contributed by atoms with Gasteiger partial charge in [-0.15, -0.1) is 11.3 Å². The minimum Gasteiger partial charge on any atom is -0.296 e. The fourth-order valence-electron chi connectivity index (χ4n) is 1.91. The van der Waals surface area contributed by atoms with Crippen molar-refractivity contribution in [2.75, 3.05) is 6.54 Å². The zero-order valence-electron chi connectivity index (χ0n) is 8.63. The molecule has 1 aliphatic rings. The van der Waals surface area contributed by atoms with E-state index in [1.165, 1.54) is 25.1 Å². The van der Waals surface area contributed by atoms with Crippen molar-refractivity contribution in [1.82, 2.24) is 4.90 Å². The average Bonchev–Trinajstić information content (AvgIpc) is 2.47. The first-order valence-corrected chi connectivity index (χ1v) is 5.86. The Balaban J connectivity index is 2.22. The quantitative estimate of drug-likeness (QED) is 0.666. The Morgan fingerprint density at radius 3 is 2.92 bits per heavy atom. The van der Waals surface area contributed by atoms with Gasteiger partial charge in [0.05, 0.1) is 0 Å². The van der Waals surface area contributed by atoms with E-state index in [0.717, 1.165) is 0 Å². The predicted octanol–water partition coefficient (Wildman–Crippen LogP) is 2.82. The molecule has 0 amide bonds. The summed E-state index contributed by atoms with van der Waals surface area (Å²) in [7, 11) is 0. The molecule has 1 aromatic rings. The summed E-state index contributed by atoms with van der Waals surface area (Å²) in [6, 6.07) is 0.687. The number of hydrogen-bond acceptors (Lipinski definition) is 2. The van der Waals surface area contributed by atoms with Gasteiger partial charge >= 0.3 is 0 Å². The first-order valence-electron chi connectivity index (χ1n) is 4.98. The summed E-state index contributed by atoms with van der Waals surface area (Å²) in [5, 5.41) is 2.30. The monoisotopic (exact) mass is 195 g/mol. The first kappa shape index (κ1) is 9.22. The van der Waals surface area contributed by atoms with Crippen molar-refractivity contribution in [1.29, 1.82) is 0 Å². The molecule has 72 valence electrons. The van der Waals surface area contributed by atoms with E-state index in [2.05, 4.69) is 31.1 Å². The second-order valence-corrected chi connectivity index (χ2v) is 5.10. The molecular formula is C11H17NS. The predicted molar refractivity (Wildman–Crippen MR) is 58.3 cm³/mol. The van der Waals surface area contributed by atoms with Crippen LogP contribution in [0.15, 0.2) is 5.38 Å². The highest BCUT2D eigenvalue weighted by Crippen LogP contribution is 2.28. The third-order valence-corrected chi connectivity index (χ3v) is 4.11. The molecule has 0 radical (unpaired) electrons. The zero-order valence-corrected chi connectivity index (χ0v) is 9.45. The van der Waals surface area contributed by atoms with Crippen LogP contribution in [-0.4, -0.2) is 17.5 Å². The van der Waals surface area contributed by atoms with Crippen molar-refractivity contribution in [2.45, 2.75) is 39.8 Å². The highest BCUT2D eigenvalue weighted by atomic mass is 32.1. The van der Waals surface area contributed by atoms with Gasteiger partial charge in [-0.2, -0.15) is 0 Å². The molecular weight excluding hydrogens is 178 g/mol. The third kappa shape index (κ3) is 1.65. The van der Waals surface area contributed by atoms with Gasteiger partial charge in [-0.1, -0.05) is 0 Å². The fraction of sp³-hybridized carbons (Fsp3) is 0.636. The van der Waals surface area contributed by atoms with Gasteiger partial charge in [-0.05, 0) is 43.7 Å². The van der Waals surface area contributed by atoms with Crippen LogP contribution in [0, 0.1) is 6.92 Å². The second-order valence-electron chi connectivity index (χ2n) is 4.13. The Labute approximate surface area is 84.4 Å². The zero-order chi connectivity index (χ0) is 9.42. The maximum atomic E-state index is 2.56. The van der Waals surface area contributed by atoms with Crippen LogP contribution in [0.5, 0.6) is 0 Å². The summed E-state index contributed by atoms with van der Waals surface area (Å²) < 4.78 is 0. The molecule has 0 atom stereocenters. The Kier molecular flexibility index (Phi) is 2.43. The molecule has 0 bridgehead atoms. The third-order valence-electron chi connectivity index (χ3n) is 2.91. The summed E-state index contributed by atoms with van der Waals surface area (Å²) in [5.41, 5.74) is 3.09. The molecule has 2 heterocycles. The molecule has 2 rings (SSSR count). The Morgan fingerprint density at radius 2 is 2.23 bits per heavy atom. The Hall–Kier alpha value is -0.340. The molecule has 2 heteroatoms. The van der Waals surface area contributed by atoms with Crippen molar-refractivity contribution in [3.63, 3.8) is 0 Å². The molecule has 0 saturated heterocycles. The molecule has 13 heavy (non-hydrogen) atoms. The lowest BCUT2D eigenvalue weighted by Crippen LogP contribution is -2.35. The molecule has 0 unspecified atom stereocenters. The van der Waals surface area contributed by atoms with Gasteiger partial charge in [0.25, 0.3) is 0 Å². The van der Waals surface area contributed by atoms with Crippen LogP contribution in [0.2, 0.25) is 0 Å². The number of nitrogens with zero attached hydrogens (tertiary/aromatic N) is 1. The van der Waals surface area contributed by atoms with Crippen molar-refractivity contribution in [2.24, 2.45) is 0 Å². The standard InChI is InChI=1S/C11H17NS/c1-8(2)12-5-4-11-10(6-12)9(3)7-13-11/h7-8H,4-6H2,1-3H3. The van der Waals surface area contributed by atoms with Crippen molar-refractivity contribution in [3.8, 4) is 0 Å². The van der Waals surface area contributed by atoms with Gasteiger partial charge in [0.2, 0.25) is 0 Å². The van der Waals surface area contributed by atoms with Gasteiger partial charge in [0.1, 0.15) is 0 Å². The highest BCUT2D eigenvalue weighted by Gasteiger charge is 2.20. The first-order chi connectivity index (χ1) is 6.18. The van der Waals surface area contributed by atoms with Crippen LogP contribution in [0.25, 0.3) is 0 Å². The van der Waals surface area contributed by atoms with E-state index in [1.54, 1.807) is 10.4 Å². The lowest BCUT2D eigenvalue weighted by molar-refractivity contribution is 0.204. The largest absolute Gasteiger partial charge is 0.296 e. The van der Waals surface area contributed by atoms with E-state index >= 15 is 0 Å². The van der Waals surface area contributed by atoms with Gasteiger partial charge in [0, 0.05) is 24.0 Å². The molecule has 1 nitrogen and oxygen atoms in total. The number of hydrogen-bond donors (Lipinski definition) is 0. The summed E-state index contributed by atoms with van der Waals surface area (Å²) in [6.45, 7) is 9.21. The van der Waals surface area contributed by atoms with Crippen LogP contribution in [0.1, 0.15) is 29.9 Å². The fourth-order valence-corrected chi connectivity index (χ4v) is 2.95. The summed E-state index contributed by atoms with van der Waals surface area (Å²) in [4.78, 5) is 4.18. The number of fused-ring (bicyclic) bond motifs is 1. The van der Waals surface area contributed by atoms with Crippen LogP contribution in [-0.2, 0) is 13.0 Å². The van der Waals surface area contributed by atoms with Crippen LogP contribution in [0.4, 0.5) is 0 Å². The van der Waals surface area contributed by atoms with E-state index in [0.29, 0.717) is 6.04 Å². The van der Waals surface area contributed by atoms with Gasteiger partial charge in [0.15, 0.2) is 0 Å². The average molecular weight is 195 g/mol. The number of thiophene rings is 1. The van der Waals surface area contributed by atoms with Crippen LogP contribution in [0.3, 0.4) is 0 Å². The maximum Gasteiger partial charge on any atom is 0.0250 e. The van der Waals surface area contributed by atoms with Gasteiger partial charge < -0.3 is 0 Å². The molecule has 0 spiro atoms. The smallest absolute Gasteiger partial charge is 0.0250 e. The second kappa shape index (κ2) is 3.43. The van der Waals surface area contributed by atoms with Gasteiger partial charge in [-0.25, -0.2) is 0 Å². The summed E-state index contributed by atoms with van der Waals surface area (Å²) >= 11 is 1.94. The molecule has 0 saturated carbocycles.